The van der Waals surface area contributed by atoms with E-state index in [0.717, 1.165) is 21.1 Å². The van der Waals surface area contributed by atoms with Crippen LogP contribution in [0.2, 0.25) is 0 Å². The zero-order valence-corrected chi connectivity index (χ0v) is 19.6. The number of pyridine rings is 1. The summed E-state index contributed by atoms with van der Waals surface area (Å²) in [6.07, 6.45) is 0. The van der Waals surface area contributed by atoms with Gasteiger partial charge in [0, 0.05) is 32.7 Å². The van der Waals surface area contributed by atoms with E-state index in [9.17, 15) is 19.2 Å². The molecule has 178 valence electrons. The van der Waals surface area contributed by atoms with E-state index in [2.05, 4.69) is 4.98 Å². The number of nitrogens with zero attached hydrogens (tertiary/aromatic N) is 3. The number of fused-ring (bicyclic) bond motifs is 4. The van der Waals surface area contributed by atoms with Crippen LogP contribution in [-0.4, -0.2) is 21.2 Å². The van der Waals surface area contributed by atoms with Gasteiger partial charge >= 0.3 is 0 Å². The Balaban J connectivity index is 1.46. The fraction of sp³-hybridized carbons (Fsp3) is 0. The highest BCUT2D eigenvalue weighted by molar-refractivity contribution is 6.36. The summed E-state index contributed by atoms with van der Waals surface area (Å²) in [6, 6.07) is 26.4. The number of carbonyl (C=O) groups is 2. The number of aromatic nitrogens is 2. The van der Waals surface area contributed by atoms with Gasteiger partial charge in [0.15, 0.2) is 5.65 Å². The Morgan fingerprint density at radius 1 is 0.579 bits per heavy atom. The van der Waals surface area contributed by atoms with E-state index in [4.69, 9.17) is 0 Å². The summed E-state index contributed by atoms with van der Waals surface area (Å²) >= 11 is 0. The van der Waals surface area contributed by atoms with Crippen molar-refractivity contribution in [1.82, 2.24) is 9.38 Å². The Bertz CT molecular complexity index is 2280. The molecule has 38 heavy (non-hydrogen) atoms. The average Bonchev–Trinajstić information content (AvgIpc) is 2.94. The van der Waals surface area contributed by atoms with E-state index < -0.39 is 17.4 Å². The number of anilines is 1. The first kappa shape index (κ1) is 20.7. The van der Waals surface area contributed by atoms with Crippen molar-refractivity contribution in [3.8, 4) is 0 Å². The minimum atomic E-state index is -0.492. The molecule has 0 unspecified atom stereocenters. The van der Waals surface area contributed by atoms with E-state index in [1.165, 1.54) is 10.5 Å². The van der Waals surface area contributed by atoms with Gasteiger partial charge in [-0.25, -0.2) is 4.90 Å². The van der Waals surface area contributed by atoms with E-state index in [1.54, 1.807) is 42.5 Å². The Hall–Kier alpha value is -5.43. The molecule has 0 bridgehead atoms. The summed E-state index contributed by atoms with van der Waals surface area (Å²) in [5.41, 5.74) is 0.807. The van der Waals surface area contributed by atoms with Gasteiger partial charge in [-0.3, -0.25) is 23.6 Å². The van der Waals surface area contributed by atoms with Crippen LogP contribution in [0, 0.1) is 0 Å². The van der Waals surface area contributed by atoms with Crippen molar-refractivity contribution in [3.63, 3.8) is 0 Å². The molecule has 7 heteroatoms. The Morgan fingerprint density at radius 2 is 1.18 bits per heavy atom. The number of imide groups is 1. The number of rotatable bonds is 1. The van der Waals surface area contributed by atoms with Gasteiger partial charge in [-0.05, 0) is 47.2 Å². The lowest BCUT2D eigenvalue weighted by Gasteiger charge is -2.27. The smallest absolute Gasteiger partial charge is 0.268 e. The van der Waals surface area contributed by atoms with Crippen LogP contribution < -0.4 is 16.0 Å². The van der Waals surface area contributed by atoms with Gasteiger partial charge in [0.05, 0.1) is 16.6 Å². The largest absolute Gasteiger partial charge is 0.281 e. The second-order valence-electron chi connectivity index (χ2n) is 9.45. The summed E-state index contributed by atoms with van der Waals surface area (Å²) in [5, 5.41) is 4.44. The minimum absolute atomic E-state index is 0.219. The number of amides is 2. The molecule has 0 atom stereocenters. The fourth-order valence-corrected chi connectivity index (χ4v) is 5.82. The average molecular weight is 493 g/mol. The molecule has 0 radical (unpaired) electrons. The highest BCUT2D eigenvalue weighted by atomic mass is 16.2. The molecule has 2 amide bonds. The molecule has 0 spiro atoms. The molecule has 1 aliphatic heterocycles. The van der Waals surface area contributed by atoms with Crippen molar-refractivity contribution >= 4 is 66.4 Å². The van der Waals surface area contributed by atoms with Crippen molar-refractivity contribution in [1.29, 1.82) is 0 Å². The Labute approximate surface area is 213 Å². The van der Waals surface area contributed by atoms with Gasteiger partial charge in [-0.2, -0.15) is 4.98 Å². The van der Waals surface area contributed by atoms with Gasteiger partial charge in [-0.1, -0.05) is 54.6 Å². The van der Waals surface area contributed by atoms with Gasteiger partial charge in [-0.15, -0.1) is 0 Å². The van der Waals surface area contributed by atoms with E-state index in [0.29, 0.717) is 27.3 Å². The molecule has 3 heterocycles. The van der Waals surface area contributed by atoms with Gasteiger partial charge < -0.3 is 0 Å². The summed E-state index contributed by atoms with van der Waals surface area (Å²) < 4.78 is 1.41. The maximum absolute atomic E-state index is 13.8. The molecular weight excluding hydrogens is 478 g/mol. The predicted octanol–water partition coefficient (Wildman–Crippen LogP) is 4.91. The first-order valence-electron chi connectivity index (χ1n) is 12.1. The normalized spacial score (nSPS) is 13.5. The fourth-order valence-electron chi connectivity index (χ4n) is 5.82. The number of benzene rings is 5. The second kappa shape index (κ2) is 7.08. The monoisotopic (exact) mass is 493 g/mol. The van der Waals surface area contributed by atoms with Crippen LogP contribution in [0.15, 0.2) is 101 Å². The number of hydrogen-bond acceptors (Lipinski definition) is 5. The van der Waals surface area contributed by atoms with Gasteiger partial charge in [0.1, 0.15) is 0 Å². The summed E-state index contributed by atoms with van der Waals surface area (Å²) in [4.78, 5) is 59.5. The zero-order valence-electron chi connectivity index (χ0n) is 19.6. The highest BCUT2D eigenvalue weighted by Gasteiger charge is 2.34. The van der Waals surface area contributed by atoms with Crippen molar-refractivity contribution in [3.05, 3.63) is 123 Å². The maximum Gasteiger partial charge on any atom is 0.281 e. The van der Waals surface area contributed by atoms with E-state index in [1.807, 2.05) is 42.5 Å². The molecule has 0 N–H and O–H groups in total. The molecule has 1 aliphatic rings. The van der Waals surface area contributed by atoms with Crippen LogP contribution >= 0.6 is 0 Å². The van der Waals surface area contributed by atoms with Crippen molar-refractivity contribution in [2.24, 2.45) is 0 Å². The van der Waals surface area contributed by atoms with Gasteiger partial charge in [0.2, 0.25) is 0 Å². The lowest BCUT2D eigenvalue weighted by atomic mass is 9.93. The van der Waals surface area contributed by atoms with Crippen molar-refractivity contribution in [2.45, 2.75) is 0 Å². The SMILES string of the molecule is O=C1c2cccc3cccc(c23)C(=O)N1c1ccc2c(=O)nc3c4cccc5cccc(c(=O)n3c2c1)c54. The molecule has 7 aromatic rings. The third-order valence-corrected chi connectivity index (χ3v) is 7.48. The number of hydrogen-bond donors (Lipinski definition) is 0. The molecular formula is C31H15N3O4. The predicted molar refractivity (Wildman–Crippen MR) is 147 cm³/mol. The highest BCUT2D eigenvalue weighted by Crippen LogP contribution is 2.34. The summed E-state index contributed by atoms with van der Waals surface area (Å²) in [6.45, 7) is 0. The molecule has 2 aromatic heterocycles. The maximum atomic E-state index is 13.8. The van der Waals surface area contributed by atoms with Crippen LogP contribution in [0.25, 0.3) is 48.9 Å². The topological polar surface area (TPSA) is 88.8 Å². The van der Waals surface area contributed by atoms with Gasteiger partial charge in [0.25, 0.3) is 22.9 Å². The van der Waals surface area contributed by atoms with Crippen LogP contribution in [0.3, 0.4) is 0 Å². The molecule has 7 nitrogen and oxygen atoms in total. The molecule has 0 aliphatic carbocycles. The van der Waals surface area contributed by atoms with E-state index in [-0.39, 0.29) is 27.8 Å². The Morgan fingerprint density at radius 3 is 1.87 bits per heavy atom. The van der Waals surface area contributed by atoms with E-state index >= 15 is 0 Å². The first-order valence-corrected chi connectivity index (χ1v) is 12.1. The second-order valence-corrected chi connectivity index (χ2v) is 9.45. The zero-order chi connectivity index (χ0) is 25.7. The molecule has 0 fully saturated rings. The lowest BCUT2D eigenvalue weighted by Crippen LogP contribution is -2.40. The van der Waals surface area contributed by atoms with Crippen LogP contribution in [0.4, 0.5) is 5.69 Å². The van der Waals surface area contributed by atoms with Crippen LogP contribution in [0.1, 0.15) is 20.7 Å². The quantitative estimate of drug-likeness (QED) is 0.184. The summed E-state index contributed by atoms with van der Waals surface area (Å²) in [7, 11) is 0. The number of carbonyl (C=O) groups excluding carboxylic acids is 2. The third kappa shape index (κ3) is 2.49. The lowest BCUT2D eigenvalue weighted by molar-refractivity contribution is 0.0893. The standard InChI is InChI=1S/C31H15N3O4/c35-28-19-14-13-18(33-29(36)22-11-3-7-17-8-4-12-23(26(17)22)30(33)37)15-24(19)34-27(32-28)20-9-1-5-16-6-2-10-21(25(16)20)31(34)38/h1-15H. The minimum Gasteiger partial charge on any atom is -0.268 e. The van der Waals surface area contributed by atoms with Crippen molar-refractivity contribution in [2.75, 3.05) is 4.90 Å². The van der Waals surface area contributed by atoms with Crippen LogP contribution in [0.5, 0.6) is 0 Å². The molecule has 5 aromatic carbocycles. The molecule has 0 saturated heterocycles. The van der Waals surface area contributed by atoms with Crippen molar-refractivity contribution < 1.29 is 9.59 Å². The van der Waals surface area contributed by atoms with Crippen LogP contribution in [-0.2, 0) is 0 Å². The third-order valence-electron chi connectivity index (χ3n) is 7.48. The summed E-state index contributed by atoms with van der Waals surface area (Å²) in [5.74, 6) is -0.925. The first-order chi connectivity index (χ1) is 18.5. The molecule has 0 saturated carbocycles. The molecule has 8 rings (SSSR count). The Kier molecular flexibility index (Phi) is 3.86.